The summed E-state index contributed by atoms with van der Waals surface area (Å²) in [6.45, 7) is 3.57. The number of nitrogens with one attached hydrogen (secondary N) is 1. The second-order valence-corrected chi connectivity index (χ2v) is 7.61. The second-order valence-electron chi connectivity index (χ2n) is 6.20. The van der Waals surface area contributed by atoms with Crippen LogP contribution in [0, 0.1) is 5.92 Å². The molecule has 3 fully saturated rings. The summed E-state index contributed by atoms with van der Waals surface area (Å²) in [6, 6.07) is 0.142. The maximum atomic E-state index is 12.2. The van der Waals surface area contributed by atoms with E-state index in [-0.39, 0.29) is 6.03 Å². The van der Waals surface area contributed by atoms with Crippen LogP contribution in [0.2, 0.25) is 0 Å². The number of thioether (sulfide) groups is 1. The van der Waals surface area contributed by atoms with Crippen molar-refractivity contribution in [3.63, 3.8) is 0 Å². The first-order chi connectivity index (χ1) is 9.83. The minimum atomic E-state index is 0.142. The maximum absolute atomic E-state index is 12.2. The highest BCUT2D eigenvalue weighted by atomic mass is 32.2. The van der Waals surface area contributed by atoms with Crippen LogP contribution in [0.5, 0.6) is 0 Å². The molecule has 1 N–H and O–H groups in total. The molecule has 3 rings (SSSR count). The zero-order chi connectivity index (χ0) is 13.8. The number of urea groups is 1. The first kappa shape index (κ1) is 14.5. The van der Waals surface area contributed by atoms with Crippen LogP contribution in [-0.4, -0.2) is 54.3 Å². The van der Waals surface area contributed by atoms with E-state index in [1.54, 1.807) is 0 Å². The van der Waals surface area contributed by atoms with Crippen molar-refractivity contribution in [3.8, 4) is 0 Å². The van der Waals surface area contributed by atoms with Gasteiger partial charge in [0, 0.05) is 31.5 Å². The van der Waals surface area contributed by atoms with Crippen molar-refractivity contribution in [2.45, 2.75) is 49.9 Å². The Hall–Kier alpha value is -0.420. The van der Waals surface area contributed by atoms with E-state index in [0.29, 0.717) is 17.3 Å². The van der Waals surface area contributed by atoms with Crippen molar-refractivity contribution in [2.75, 3.05) is 32.0 Å². The lowest BCUT2D eigenvalue weighted by molar-refractivity contribution is 0.0372. The van der Waals surface area contributed by atoms with Crippen molar-refractivity contribution < 1.29 is 9.53 Å². The van der Waals surface area contributed by atoms with Gasteiger partial charge in [-0.1, -0.05) is 0 Å². The molecule has 2 atom stereocenters. The minimum absolute atomic E-state index is 0.142. The summed E-state index contributed by atoms with van der Waals surface area (Å²) in [4.78, 5) is 14.1. The van der Waals surface area contributed by atoms with Crippen molar-refractivity contribution in [3.05, 3.63) is 0 Å². The van der Waals surface area contributed by atoms with Gasteiger partial charge in [-0.3, -0.25) is 0 Å². The molecule has 0 aromatic rings. The van der Waals surface area contributed by atoms with Crippen LogP contribution < -0.4 is 5.32 Å². The van der Waals surface area contributed by atoms with E-state index >= 15 is 0 Å². The van der Waals surface area contributed by atoms with Crippen LogP contribution >= 0.6 is 11.8 Å². The van der Waals surface area contributed by atoms with E-state index in [2.05, 4.69) is 5.32 Å². The fraction of sp³-hybridized carbons (Fsp3) is 0.933. The molecule has 3 saturated heterocycles. The summed E-state index contributed by atoms with van der Waals surface area (Å²) >= 11 is 2.00. The average Bonchev–Trinajstić information content (AvgIpc) is 3.18. The number of nitrogens with zero attached hydrogens (tertiary/aromatic N) is 1. The molecule has 3 aliphatic heterocycles. The number of carbonyl (C=O) groups excluding carboxylic acids is 1. The normalized spacial score (nSPS) is 31.7. The predicted octanol–water partition coefficient (Wildman–Crippen LogP) is 2.48. The van der Waals surface area contributed by atoms with Gasteiger partial charge in [-0.15, -0.1) is 0 Å². The molecule has 0 aliphatic carbocycles. The van der Waals surface area contributed by atoms with Gasteiger partial charge in [-0.2, -0.15) is 11.8 Å². The molecule has 0 unspecified atom stereocenters. The number of carbonyl (C=O) groups is 1. The molecule has 0 spiro atoms. The molecule has 0 aromatic carbocycles. The van der Waals surface area contributed by atoms with Crippen LogP contribution in [-0.2, 0) is 4.74 Å². The van der Waals surface area contributed by atoms with Gasteiger partial charge in [-0.05, 0) is 50.2 Å². The van der Waals surface area contributed by atoms with Gasteiger partial charge in [0.2, 0.25) is 0 Å². The van der Waals surface area contributed by atoms with Crippen molar-refractivity contribution >= 4 is 17.8 Å². The molecule has 114 valence electrons. The molecule has 3 heterocycles. The number of piperidine rings is 1. The summed E-state index contributed by atoms with van der Waals surface area (Å²) in [5, 5.41) is 3.76. The fourth-order valence-corrected chi connectivity index (χ4v) is 4.77. The first-order valence-electron chi connectivity index (χ1n) is 8.09. The fourth-order valence-electron chi connectivity index (χ4n) is 3.57. The van der Waals surface area contributed by atoms with Gasteiger partial charge >= 0.3 is 6.03 Å². The van der Waals surface area contributed by atoms with Crippen LogP contribution in [0.15, 0.2) is 0 Å². The third-order valence-corrected chi connectivity index (χ3v) is 6.22. The smallest absolute Gasteiger partial charge is 0.317 e. The number of rotatable bonds is 3. The molecule has 5 heteroatoms. The van der Waals surface area contributed by atoms with E-state index in [1.807, 2.05) is 16.7 Å². The van der Waals surface area contributed by atoms with E-state index in [4.69, 9.17) is 4.74 Å². The Bertz CT molecular complexity index is 320. The van der Waals surface area contributed by atoms with Gasteiger partial charge < -0.3 is 15.0 Å². The lowest BCUT2D eigenvalue weighted by atomic mass is 9.90. The number of amides is 2. The Labute approximate surface area is 126 Å². The van der Waals surface area contributed by atoms with Gasteiger partial charge in [0.25, 0.3) is 0 Å². The topological polar surface area (TPSA) is 41.6 Å². The average molecular weight is 298 g/mol. The zero-order valence-electron chi connectivity index (χ0n) is 12.2. The number of ether oxygens (including phenoxy) is 1. The molecular formula is C15H26N2O2S. The van der Waals surface area contributed by atoms with Gasteiger partial charge in [0.15, 0.2) is 0 Å². The maximum Gasteiger partial charge on any atom is 0.317 e. The van der Waals surface area contributed by atoms with Crippen LogP contribution in [0.3, 0.4) is 0 Å². The summed E-state index contributed by atoms with van der Waals surface area (Å²) in [7, 11) is 0. The van der Waals surface area contributed by atoms with Gasteiger partial charge in [0.1, 0.15) is 0 Å². The Morgan fingerprint density at radius 1 is 1.20 bits per heavy atom. The van der Waals surface area contributed by atoms with Crippen molar-refractivity contribution in [1.82, 2.24) is 10.2 Å². The molecule has 4 nitrogen and oxygen atoms in total. The number of likely N-dealkylation sites (tertiary alicyclic amines) is 1. The predicted molar refractivity (Wildman–Crippen MR) is 82.1 cm³/mol. The minimum Gasteiger partial charge on any atom is -0.378 e. The lowest BCUT2D eigenvalue weighted by Gasteiger charge is -2.34. The van der Waals surface area contributed by atoms with Crippen LogP contribution in [0.1, 0.15) is 38.5 Å². The van der Waals surface area contributed by atoms with Crippen molar-refractivity contribution in [2.24, 2.45) is 5.92 Å². The van der Waals surface area contributed by atoms with Crippen LogP contribution in [0.25, 0.3) is 0 Å². The summed E-state index contributed by atoms with van der Waals surface area (Å²) in [5.41, 5.74) is 0. The van der Waals surface area contributed by atoms with E-state index in [1.165, 1.54) is 31.4 Å². The zero-order valence-corrected chi connectivity index (χ0v) is 13.0. The molecule has 0 saturated carbocycles. The third kappa shape index (κ3) is 3.61. The number of hydrogen-bond donors (Lipinski definition) is 1. The summed E-state index contributed by atoms with van der Waals surface area (Å²) in [6.07, 6.45) is 7.67. The van der Waals surface area contributed by atoms with Crippen LogP contribution in [0.4, 0.5) is 4.79 Å². The Balaban J connectivity index is 1.37. The molecule has 0 aromatic heterocycles. The number of hydrogen-bond acceptors (Lipinski definition) is 3. The first-order valence-corrected chi connectivity index (χ1v) is 9.14. The standard InChI is InChI=1S/C15H26N2O2S/c18-15(16-11-13-3-2-10-20-13)17-7-5-12(6-8-17)14-4-1-9-19-14/h12-14H,1-11H2,(H,16,18)/t13-,14-/m1/s1. The van der Waals surface area contributed by atoms with E-state index in [0.717, 1.165) is 39.1 Å². The Morgan fingerprint density at radius 2 is 2.05 bits per heavy atom. The molecule has 0 radical (unpaired) electrons. The van der Waals surface area contributed by atoms with E-state index < -0.39 is 0 Å². The monoisotopic (exact) mass is 298 g/mol. The lowest BCUT2D eigenvalue weighted by Crippen LogP contribution is -2.47. The molecule has 3 aliphatic rings. The Morgan fingerprint density at radius 3 is 2.70 bits per heavy atom. The molecule has 20 heavy (non-hydrogen) atoms. The molecule has 2 amide bonds. The highest BCUT2D eigenvalue weighted by Gasteiger charge is 2.31. The van der Waals surface area contributed by atoms with Crippen molar-refractivity contribution in [1.29, 1.82) is 0 Å². The van der Waals surface area contributed by atoms with Gasteiger partial charge in [-0.25, -0.2) is 4.79 Å². The third-order valence-electron chi connectivity index (χ3n) is 4.82. The highest BCUT2D eigenvalue weighted by Crippen LogP contribution is 2.29. The highest BCUT2D eigenvalue weighted by molar-refractivity contribution is 8.00. The molecule has 0 bridgehead atoms. The summed E-state index contributed by atoms with van der Waals surface area (Å²) in [5.74, 6) is 1.93. The SMILES string of the molecule is O=C(NC[C@H]1CCCS1)N1CCC([C@H]2CCCO2)CC1. The second kappa shape index (κ2) is 7.03. The van der Waals surface area contributed by atoms with Gasteiger partial charge in [0.05, 0.1) is 6.10 Å². The quantitative estimate of drug-likeness (QED) is 0.870. The van der Waals surface area contributed by atoms with E-state index in [9.17, 15) is 4.79 Å². The summed E-state index contributed by atoms with van der Waals surface area (Å²) < 4.78 is 5.78. The Kier molecular flexibility index (Phi) is 5.10. The molecular weight excluding hydrogens is 272 g/mol. The largest absolute Gasteiger partial charge is 0.378 e.